The molecule has 2 aromatic rings. The number of alkyl halides is 2. The fraction of sp³-hybridized carbons (Fsp3) is 0.526. The van der Waals surface area contributed by atoms with Gasteiger partial charge in [0.25, 0.3) is 5.91 Å². The largest absolute Gasteiger partial charge is 0.435 e. The van der Waals surface area contributed by atoms with Crippen molar-refractivity contribution in [1.29, 1.82) is 0 Å². The van der Waals surface area contributed by atoms with Crippen molar-refractivity contribution < 1.29 is 18.3 Å². The van der Waals surface area contributed by atoms with Crippen LogP contribution in [0.2, 0.25) is 0 Å². The summed E-state index contributed by atoms with van der Waals surface area (Å²) in [5, 5.41) is 12.4. The summed E-state index contributed by atoms with van der Waals surface area (Å²) in [6.45, 7) is -2.45. The number of benzene rings is 1. The van der Waals surface area contributed by atoms with E-state index in [4.69, 9.17) is 0 Å². The van der Waals surface area contributed by atoms with Gasteiger partial charge in [-0.25, -0.2) is 0 Å². The van der Waals surface area contributed by atoms with Crippen LogP contribution in [0.1, 0.15) is 54.3 Å². The lowest BCUT2D eigenvalue weighted by Gasteiger charge is -2.16. The fourth-order valence-corrected chi connectivity index (χ4v) is 4.08. The molecule has 0 bridgehead atoms. The van der Waals surface area contributed by atoms with E-state index in [9.17, 15) is 13.6 Å². The van der Waals surface area contributed by atoms with E-state index in [1.165, 1.54) is 31.0 Å². The molecule has 0 atom stereocenters. The van der Waals surface area contributed by atoms with Gasteiger partial charge in [-0.1, -0.05) is 30.7 Å². The number of rotatable bonds is 9. The number of aryl methyl sites for hydroxylation is 1. The Kier molecular flexibility index (Phi) is 7.24. The van der Waals surface area contributed by atoms with Gasteiger partial charge in [0.05, 0.1) is 0 Å². The highest BCUT2D eigenvalue weighted by Gasteiger charge is 2.23. The number of hydrogen-bond donors (Lipinski definition) is 1. The highest BCUT2D eigenvalue weighted by molar-refractivity contribution is 7.98. The van der Waals surface area contributed by atoms with Crippen LogP contribution in [-0.2, 0) is 6.42 Å². The summed E-state index contributed by atoms with van der Waals surface area (Å²) in [5.41, 5.74) is 0.289. The molecule has 0 radical (unpaired) electrons. The van der Waals surface area contributed by atoms with Crippen LogP contribution in [0.3, 0.4) is 0 Å². The van der Waals surface area contributed by atoms with E-state index in [2.05, 4.69) is 24.8 Å². The van der Waals surface area contributed by atoms with Gasteiger partial charge in [0, 0.05) is 24.6 Å². The molecule has 0 spiro atoms. The number of halogens is 2. The predicted octanol–water partition coefficient (Wildman–Crippen LogP) is 4.08. The second-order valence-electron chi connectivity index (χ2n) is 6.68. The monoisotopic (exact) mass is 410 g/mol. The molecule has 0 aliphatic heterocycles. The summed E-state index contributed by atoms with van der Waals surface area (Å²) in [4.78, 5) is 12.2. The molecule has 1 heterocycles. The first-order valence-corrected chi connectivity index (χ1v) is 10.6. The fourth-order valence-electron chi connectivity index (χ4n) is 3.51. The number of aromatic nitrogens is 3. The average Bonchev–Trinajstić information content (AvgIpc) is 3.33. The van der Waals surface area contributed by atoms with Crippen LogP contribution in [0.4, 0.5) is 8.78 Å². The van der Waals surface area contributed by atoms with E-state index in [0.717, 1.165) is 36.7 Å². The van der Waals surface area contributed by atoms with E-state index < -0.39 is 6.61 Å². The van der Waals surface area contributed by atoms with E-state index in [1.54, 1.807) is 17.8 Å². The number of ether oxygens (including phenoxy) is 1. The lowest BCUT2D eigenvalue weighted by atomic mass is 10.2. The Balaban J connectivity index is 1.52. The molecule has 1 aliphatic carbocycles. The van der Waals surface area contributed by atoms with E-state index >= 15 is 0 Å². The second kappa shape index (κ2) is 9.86. The van der Waals surface area contributed by atoms with Crippen LogP contribution >= 0.6 is 11.8 Å². The van der Waals surface area contributed by atoms with Crippen LogP contribution in [0.15, 0.2) is 29.4 Å². The topological polar surface area (TPSA) is 69.0 Å². The minimum absolute atomic E-state index is 0.0306. The first-order valence-electron chi connectivity index (χ1n) is 9.39. The minimum Gasteiger partial charge on any atom is -0.435 e. The Morgan fingerprint density at radius 3 is 2.86 bits per heavy atom. The van der Waals surface area contributed by atoms with Gasteiger partial charge in [-0.05, 0) is 43.7 Å². The Hall–Kier alpha value is -2.16. The van der Waals surface area contributed by atoms with Gasteiger partial charge in [0.2, 0.25) is 0 Å². The van der Waals surface area contributed by atoms with Crippen molar-refractivity contribution in [3.63, 3.8) is 0 Å². The van der Waals surface area contributed by atoms with Crippen LogP contribution in [-0.4, -0.2) is 40.1 Å². The van der Waals surface area contributed by atoms with E-state index in [1.807, 2.05) is 6.26 Å². The van der Waals surface area contributed by atoms with Crippen LogP contribution in [0.25, 0.3) is 0 Å². The summed E-state index contributed by atoms with van der Waals surface area (Å²) in [5.74, 6) is 0.608. The summed E-state index contributed by atoms with van der Waals surface area (Å²) >= 11 is 1.60. The number of carbonyl (C=O) groups is 1. The lowest BCUT2D eigenvalue weighted by molar-refractivity contribution is -0.0498. The predicted molar refractivity (Wildman–Crippen MR) is 103 cm³/mol. The molecule has 0 unspecified atom stereocenters. The maximum absolute atomic E-state index is 12.3. The van der Waals surface area contributed by atoms with Gasteiger partial charge in [-0.3, -0.25) is 4.79 Å². The molecule has 1 aromatic carbocycles. The minimum atomic E-state index is -2.92. The van der Waals surface area contributed by atoms with Crippen molar-refractivity contribution in [2.24, 2.45) is 0 Å². The van der Waals surface area contributed by atoms with Crippen LogP contribution in [0, 0.1) is 0 Å². The van der Waals surface area contributed by atoms with Crippen LogP contribution < -0.4 is 10.1 Å². The standard InChI is InChI=1S/C19H24F2N4O2S/c1-28-19-24-23-16(25(19)14-7-2-3-8-14)10-5-11-22-17(26)13-6-4-9-15(12-13)27-18(20)21/h4,6,9,12,14,18H,2-3,5,7-8,10-11H2,1H3,(H,22,26). The number of nitrogens with zero attached hydrogens (tertiary/aromatic N) is 3. The van der Waals surface area contributed by atoms with Gasteiger partial charge >= 0.3 is 6.61 Å². The third-order valence-corrected chi connectivity index (χ3v) is 5.44. The van der Waals surface area contributed by atoms with Crippen LogP contribution in [0.5, 0.6) is 5.75 Å². The zero-order valence-electron chi connectivity index (χ0n) is 15.7. The number of thioether (sulfide) groups is 1. The molecule has 0 saturated heterocycles. The van der Waals surface area contributed by atoms with Crippen molar-refractivity contribution >= 4 is 17.7 Å². The Morgan fingerprint density at radius 2 is 2.14 bits per heavy atom. The highest BCUT2D eigenvalue weighted by atomic mass is 32.2. The number of amides is 1. The first kappa shape index (κ1) is 20.6. The zero-order chi connectivity index (χ0) is 19.9. The maximum atomic E-state index is 12.3. The third kappa shape index (κ3) is 5.21. The second-order valence-corrected chi connectivity index (χ2v) is 7.45. The van der Waals surface area contributed by atoms with E-state index in [-0.39, 0.29) is 17.2 Å². The summed E-state index contributed by atoms with van der Waals surface area (Å²) in [7, 11) is 0. The number of hydrogen-bond acceptors (Lipinski definition) is 5. The summed E-state index contributed by atoms with van der Waals surface area (Å²) in [6.07, 6.45) is 8.24. The van der Waals surface area contributed by atoms with Crippen molar-refractivity contribution in [3.05, 3.63) is 35.7 Å². The normalized spacial score (nSPS) is 14.6. The SMILES string of the molecule is CSc1nnc(CCCNC(=O)c2cccc(OC(F)F)c2)n1C1CCCC1. The zero-order valence-corrected chi connectivity index (χ0v) is 16.6. The molecule has 9 heteroatoms. The Labute approximate surface area is 167 Å². The first-order chi connectivity index (χ1) is 13.6. The molecule has 1 amide bonds. The quantitative estimate of drug-likeness (QED) is 0.498. The third-order valence-electron chi connectivity index (χ3n) is 4.79. The highest BCUT2D eigenvalue weighted by Crippen LogP contribution is 2.33. The number of nitrogens with one attached hydrogen (secondary N) is 1. The molecule has 1 aromatic heterocycles. The molecular formula is C19H24F2N4O2S. The molecule has 1 N–H and O–H groups in total. The molecule has 28 heavy (non-hydrogen) atoms. The molecule has 1 fully saturated rings. The lowest BCUT2D eigenvalue weighted by Crippen LogP contribution is -2.25. The molecule has 1 saturated carbocycles. The van der Waals surface area contributed by atoms with Crippen molar-refractivity contribution in [3.8, 4) is 5.75 Å². The number of carbonyl (C=O) groups excluding carboxylic acids is 1. The van der Waals surface area contributed by atoms with Gasteiger partial charge < -0.3 is 14.6 Å². The summed E-state index contributed by atoms with van der Waals surface area (Å²) < 4.78 is 31.2. The Morgan fingerprint density at radius 1 is 1.36 bits per heavy atom. The maximum Gasteiger partial charge on any atom is 0.387 e. The van der Waals surface area contributed by atoms with Gasteiger partial charge in [0.1, 0.15) is 11.6 Å². The van der Waals surface area contributed by atoms with Gasteiger partial charge in [-0.2, -0.15) is 8.78 Å². The smallest absolute Gasteiger partial charge is 0.387 e. The van der Waals surface area contributed by atoms with Gasteiger partial charge in [0.15, 0.2) is 5.16 Å². The average molecular weight is 410 g/mol. The molecule has 3 rings (SSSR count). The van der Waals surface area contributed by atoms with Crippen molar-refractivity contribution in [1.82, 2.24) is 20.1 Å². The molecule has 1 aliphatic rings. The van der Waals surface area contributed by atoms with Crippen molar-refractivity contribution in [2.75, 3.05) is 12.8 Å². The summed E-state index contributed by atoms with van der Waals surface area (Å²) in [6, 6.07) is 6.25. The Bertz CT molecular complexity index is 794. The molecule has 6 nitrogen and oxygen atoms in total. The van der Waals surface area contributed by atoms with Crippen molar-refractivity contribution in [2.45, 2.75) is 56.3 Å². The molecule has 152 valence electrons. The van der Waals surface area contributed by atoms with E-state index in [0.29, 0.717) is 12.6 Å². The molecular weight excluding hydrogens is 386 g/mol. The van der Waals surface area contributed by atoms with Gasteiger partial charge in [-0.15, -0.1) is 10.2 Å².